The lowest BCUT2D eigenvalue weighted by Crippen LogP contribution is -2.41. The molecule has 7 rings (SSSR count). The molecule has 0 atom stereocenters. The predicted molar refractivity (Wildman–Crippen MR) is 219 cm³/mol. The molecule has 55 heavy (non-hydrogen) atoms. The molecule has 2 saturated heterocycles. The second kappa shape index (κ2) is 15.0. The van der Waals surface area contributed by atoms with Gasteiger partial charge in [0.25, 0.3) is 0 Å². The minimum Gasteiger partial charge on any atom is -0.491 e. The van der Waals surface area contributed by atoms with Crippen LogP contribution < -0.4 is 20.4 Å². The lowest BCUT2D eigenvalue weighted by Gasteiger charge is -2.34. The van der Waals surface area contributed by atoms with Crippen molar-refractivity contribution in [3.05, 3.63) is 107 Å². The van der Waals surface area contributed by atoms with Crippen molar-refractivity contribution in [1.82, 2.24) is 0 Å². The van der Waals surface area contributed by atoms with Crippen LogP contribution in [0.2, 0.25) is 0 Å². The largest absolute Gasteiger partial charge is 0.494 e. The van der Waals surface area contributed by atoms with Crippen LogP contribution in [0.25, 0.3) is 11.1 Å². The first-order valence-corrected chi connectivity index (χ1v) is 19.8. The molecule has 3 aliphatic rings. The first-order valence-electron chi connectivity index (χ1n) is 19.8. The Labute approximate surface area is 328 Å². The molecule has 290 valence electrons. The monoisotopic (exact) mass is 746 g/mol. The van der Waals surface area contributed by atoms with E-state index in [2.05, 4.69) is 140 Å². The fraction of sp³-hybridized carbons (Fsp3) is 0.467. The van der Waals surface area contributed by atoms with E-state index >= 15 is 0 Å². The van der Waals surface area contributed by atoms with Crippen LogP contribution in [-0.2, 0) is 33.5 Å². The zero-order chi connectivity index (χ0) is 39.2. The smallest absolute Gasteiger partial charge is 0.491 e. The van der Waals surface area contributed by atoms with Crippen molar-refractivity contribution in [3.63, 3.8) is 0 Å². The zero-order valence-corrected chi connectivity index (χ0v) is 34.2. The normalized spacial score (nSPS) is 19.7. The van der Waals surface area contributed by atoms with Crippen molar-refractivity contribution in [2.24, 2.45) is 0 Å². The second-order valence-corrected chi connectivity index (χ2v) is 16.7. The van der Waals surface area contributed by atoms with Crippen molar-refractivity contribution in [1.29, 1.82) is 0 Å². The summed E-state index contributed by atoms with van der Waals surface area (Å²) in [5, 5.41) is 0. The third kappa shape index (κ3) is 7.15. The molecule has 4 aromatic rings. The Morgan fingerprint density at radius 1 is 0.455 bits per heavy atom. The Kier molecular flexibility index (Phi) is 10.8. The molecule has 2 aliphatic heterocycles. The summed E-state index contributed by atoms with van der Waals surface area (Å²) >= 11 is 0. The van der Waals surface area contributed by atoms with Gasteiger partial charge in [0.15, 0.2) is 0 Å². The van der Waals surface area contributed by atoms with E-state index in [-0.39, 0.29) is 0 Å². The molecule has 1 aliphatic carbocycles. The fourth-order valence-corrected chi connectivity index (χ4v) is 7.73. The Hall–Kier alpha value is -3.63. The van der Waals surface area contributed by atoms with Crippen LogP contribution in [-0.4, -0.2) is 76.3 Å². The van der Waals surface area contributed by atoms with E-state index < -0.39 is 42.1 Å². The van der Waals surface area contributed by atoms with Crippen LogP contribution in [0.15, 0.2) is 84.9 Å². The number of rotatable bonds is 14. The van der Waals surface area contributed by atoms with Crippen molar-refractivity contribution in [2.45, 2.75) is 97.1 Å². The first-order chi connectivity index (χ1) is 26.1. The molecule has 2 fully saturated rings. The van der Waals surface area contributed by atoms with E-state index in [1.54, 1.807) is 0 Å². The summed E-state index contributed by atoms with van der Waals surface area (Å²) in [6.45, 7) is 24.0. The van der Waals surface area contributed by atoms with Crippen LogP contribution in [0.4, 0.5) is 0 Å². The summed E-state index contributed by atoms with van der Waals surface area (Å²) in [6.07, 6.45) is 0. The molecular formula is C45H56B2O8. The van der Waals surface area contributed by atoms with E-state index in [0.29, 0.717) is 39.6 Å². The number of hydrogen-bond acceptors (Lipinski definition) is 8. The van der Waals surface area contributed by atoms with Crippen LogP contribution in [0.5, 0.6) is 11.5 Å². The predicted octanol–water partition coefficient (Wildman–Crippen LogP) is 7.48. The topological polar surface area (TPSA) is 73.8 Å². The van der Waals surface area contributed by atoms with Crippen molar-refractivity contribution in [3.8, 4) is 22.6 Å². The van der Waals surface area contributed by atoms with Gasteiger partial charge in [-0.2, -0.15) is 0 Å². The highest BCUT2D eigenvalue weighted by Crippen LogP contribution is 2.56. The number of fused-ring (bicyclic) bond motifs is 3. The van der Waals surface area contributed by atoms with E-state index in [9.17, 15) is 0 Å². The van der Waals surface area contributed by atoms with Gasteiger partial charge in [0.2, 0.25) is 0 Å². The van der Waals surface area contributed by atoms with E-state index in [1.165, 1.54) is 0 Å². The SMILES string of the molecule is CCOCCOc1ccc(C2(c3ccc(OCCOCC)cc3)c3cc(B4OC(C)(C)C(C)(C)O4)ccc3-c3ccc(B4OC(C)(C)C(C)(C)O4)cc32)cc1. The minimum atomic E-state index is -0.752. The molecule has 0 bridgehead atoms. The summed E-state index contributed by atoms with van der Waals surface area (Å²) in [5.41, 5.74) is 5.99. The zero-order valence-electron chi connectivity index (χ0n) is 34.2. The average Bonchev–Trinajstić information content (AvgIpc) is 3.66. The summed E-state index contributed by atoms with van der Waals surface area (Å²) < 4.78 is 49.8. The Morgan fingerprint density at radius 2 is 0.800 bits per heavy atom. The van der Waals surface area contributed by atoms with Gasteiger partial charge in [-0.25, -0.2) is 0 Å². The molecular weight excluding hydrogens is 690 g/mol. The fourth-order valence-electron chi connectivity index (χ4n) is 7.73. The van der Waals surface area contributed by atoms with Crippen molar-refractivity contribution < 1.29 is 37.6 Å². The lowest BCUT2D eigenvalue weighted by molar-refractivity contribution is 0.00578. The van der Waals surface area contributed by atoms with Gasteiger partial charge >= 0.3 is 14.2 Å². The molecule has 0 saturated carbocycles. The van der Waals surface area contributed by atoms with Crippen LogP contribution >= 0.6 is 0 Å². The number of ether oxygens (including phenoxy) is 4. The number of hydrogen-bond donors (Lipinski definition) is 0. The summed E-state index contributed by atoms with van der Waals surface area (Å²) in [6, 6.07) is 30.3. The summed E-state index contributed by atoms with van der Waals surface area (Å²) in [4.78, 5) is 0. The van der Waals surface area contributed by atoms with Gasteiger partial charge in [-0.3, -0.25) is 0 Å². The van der Waals surface area contributed by atoms with Crippen LogP contribution in [0, 0.1) is 0 Å². The Balaban J connectivity index is 1.41. The van der Waals surface area contributed by atoms with Gasteiger partial charge in [0.05, 0.1) is 41.0 Å². The first kappa shape index (κ1) is 39.6. The maximum atomic E-state index is 6.62. The van der Waals surface area contributed by atoms with Gasteiger partial charge in [-0.1, -0.05) is 60.7 Å². The van der Waals surface area contributed by atoms with Gasteiger partial charge in [0, 0.05) is 13.2 Å². The molecule has 0 radical (unpaired) electrons. The molecule has 0 amide bonds. The van der Waals surface area contributed by atoms with Crippen LogP contribution in [0.3, 0.4) is 0 Å². The quantitative estimate of drug-likeness (QED) is 0.0857. The van der Waals surface area contributed by atoms with Gasteiger partial charge in [-0.05, 0) is 138 Å². The third-order valence-corrected chi connectivity index (χ3v) is 12.2. The molecule has 0 spiro atoms. The van der Waals surface area contributed by atoms with Gasteiger partial charge < -0.3 is 37.6 Å². The second-order valence-electron chi connectivity index (χ2n) is 16.7. The molecule has 10 heteroatoms. The molecule has 0 aromatic heterocycles. The number of benzene rings is 4. The molecule has 8 nitrogen and oxygen atoms in total. The van der Waals surface area contributed by atoms with Crippen LogP contribution in [0.1, 0.15) is 91.5 Å². The van der Waals surface area contributed by atoms with Gasteiger partial charge in [0.1, 0.15) is 24.7 Å². The highest BCUT2D eigenvalue weighted by Gasteiger charge is 2.55. The molecule has 2 heterocycles. The molecule has 4 aromatic carbocycles. The van der Waals surface area contributed by atoms with E-state index in [1.807, 2.05) is 13.8 Å². The van der Waals surface area contributed by atoms with Gasteiger partial charge in [-0.15, -0.1) is 0 Å². The molecule has 0 unspecified atom stereocenters. The highest BCUT2D eigenvalue weighted by molar-refractivity contribution is 6.62. The van der Waals surface area contributed by atoms with E-state index in [4.69, 9.17) is 37.6 Å². The Morgan fingerprint density at radius 3 is 1.13 bits per heavy atom. The third-order valence-electron chi connectivity index (χ3n) is 12.2. The Bertz CT molecular complexity index is 1800. The maximum Gasteiger partial charge on any atom is 0.494 e. The highest BCUT2D eigenvalue weighted by atomic mass is 16.7. The minimum absolute atomic E-state index is 0.476. The van der Waals surface area contributed by atoms with Crippen molar-refractivity contribution >= 4 is 25.2 Å². The summed E-state index contributed by atoms with van der Waals surface area (Å²) in [7, 11) is -1.06. The van der Waals surface area contributed by atoms with E-state index in [0.717, 1.165) is 55.8 Å². The maximum absolute atomic E-state index is 6.62. The molecule has 0 N–H and O–H groups in total. The average molecular weight is 747 g/mol. The lowest BCUT2D eigenvalue weighted by atomic mass is 9.65. The van der Waals surface area contributed by atoms with Crippen molar-refractivity contribution in [2.75, 3.05) is 39.6 Å². The summed E-state index contributed by atoms with van der Waals surface area (Å²) in [5.74, 6) is 1.57. The standard InChI is InChI=1S/C45H56B2O8/c1-11-48-25-27-50-35-19-13-31(14-20-35)45(32-15-21-36(22-16-32)51-28-26-49-12-2)39-29-33(46-52-41(3,4)42(5,6)53-46)17-23-37(39)38-24-18-34(30-40(38)45)47-54-43(7,8)44(9,10)55-47/h13-24,29-30H,11-12,25-28H2,1-10H3.